The van der Waals surface area contributed by atoms with Gasteiger partial charge in [-0.2, -0.15) is 0 Å². The summed E-state index contributed by atoms with van der Waals surface area (Å²) in [7, 11) is 0. The molecule has 2 N–H and O–H groups in total. The molecule has 0 amide bonds. The molecule has 2 nitrogen and oxygen atoms in total. The van der Waals surface area contributed by atoms with Gasteiger partial charge in [0.15, 0.2) is 6.29 Å². The minimum absolute atomic E-state index is 0.0341. The Morgan fingerprint density at radius 1 is 1.09 bits per heavy atom. The summed E-state index contributed by atoms with van der Waals surface area (Å²) in [5.41, 5.74) is 0. The second kappa shape index (κ2) is 6.62. The molecule has 1 unspecified atom stereocenters. The number of rotatable bonds is 6. The topological polar surface area (TPSA) is 40.5 Å². The van der Waals surface area contributed by atoms with Gasteiger partial charge in [0.05, 0.1) is 0 Å². The van der Waals surface area contributed by atoms with Crippen LogP contribution in [0.3, 0.4) is 0 Å². The van der Waals surface area contributed by atoms with Crippen molar-refractivity contribution in [3.05, 3.63) is 0 Å². The van der Waals surface area contributed by atoms with Crippen LogP contribution in [-0.4, -0.2) is 16.5 Å². The monoisotopic (exact) mass is 160 g/mol. The first-order valence-corrected chi connectivity index (χ1v) is 4.54. The number of unbranched alkanes of at least 4 members (excludes halogenated alkanes) is 3. The summed E-state index contributed by atoms with van der Waals surface area (Å²) in [5, 5.41) is 17.5. The molecular weight excluding hydrogens is 140 g/mol. The van der Waals surface area contributed by atoms with E-state index in [1.54, 1.807) is 0 Å². The molecule has 68 valence electrons. The molecule has 11 heavy (non-hydrogen) atoms. The van der Waals surface area contributed by atoms with Gasteiger partial charge in [-0.3, -0.25) is 0 Å². The molecule has 0 aromatic carbocycles. The van der Waals surface area contributed by atoms with Crippen molar-refractivity contribution < 1.29 is 10.2 Å². The van der Waals surface area contributed by atoms with Gasteiger partial charge in [-0.05, 0) is 6.42 Å². The molecule has 0 fully saturated rings. The molecule has 0 saturated heterocycles. The molecule has 1 atom stereocenters. The largest absolute Gasteiger partial charge is 0.368 e. The van der Waals surface area contributed by atoms with Gasteiger partial charge in [0.1, 0.15) is 0 Å². The number of aliphatic hydroxyl groups excluding tert-OH is 1. The Balaban J connectivity index is 3.10. The molecule has 0 aliphatic rings. The quantitative estimate of drug-likeness (QED) is 0.460. The van der Waals surface area contributed by atoms with Crippen LogP contribution in [0, 0.1) is 5.92 Å². The van der Waals surface area contributed by atoms with Crippen molar-refractivity contribution in [3.8, 4) is 0 Å². The molecule has 0 aromatic rings. The zero-order chi connectivity index (χ0) is 8.69. The summed E-state index contributed by atoms with van der Waals surface area (Å²) >= 11 is 0. The van der Waals surface area contributed by atoms with Crippen molar-refractivity contribution in [2.75, 3.05) is 0 Å². The van der Waals surface area contributed by atoms with Crippen LogP contribution in [0.15, 0.2) is 0 Å². The van der Waals surface area contributed by atoms with E-state index >= 15 is 0 Å². The van der Waals surface area contributed by atoms with Crippen LogP contribution in [-0.2, 0) is 0 Å². The first-order valence-electron chi connectivity index (χ1n) is 4.54. The molecule has 0 aliphatic heterocycles. The minimum atomic E-state index is -1.13. The zero-order valence-electron chi connectivity index (χ0n) is 7.58. The summed E-state index contributed by atoms with van der Waals surface area (Å²) in [5.74, 6) is 0.0341. The highest BCUT2D eigenvalue weighted by atomic mass is 16.5. The van der Waals surface area contributed by atoms with Gasteiger partial charge >= 0.3 is 0 Å². The smallest absolute Gasteiger partial charge is 0.154 e. The third-order valence-corrected chi connectivity index (χ3v) is 2.02. The van der Waals surface area contributed by atoms with Crippen LogP contribution in [0.2, 0.25) is 0 Å². The fourth-order valence-corrected chi connectivity index (χ4v) is 1.04. The lowest BCUT2D eigenvalue weighted by Crippen LogP contribution is -2.15. The highest BCUT2D eigenvalue weighted by molar-refractivity contribution is 4.54. The fourth-order valence-electron chi connectivity index (χ4n) is 1.04. The number of hydrogen-bond donors (Lipinski definition) is 2. The summed E-state index contributed by atoms with van der Waals surface area (Å²) in [6.07, 6.45) is 4.62. The van der Waals surface area contributed by atoms with Crippen molar-refractivity contribution in [1.29, 1.82) is 0 Å². The molecular formula is C9H20O2. The van der Waals surface area contributed by atoms with E-state index in [2.05, 4.69) is 6.92 Å². The van der Waals surface area contributed by atoms with Gasteiger partial charge in [0.2, 0.25) is 0 Å². The SMILES string of the molecule is CCCCCCC(C)C(O)O. The lowest BCUT2D eigenvalue weighted by Gasteiger charge is -2.12. The van der Waals surface area contributed by atoms with E-state index in [0.29, 0.717) is 0 Å². The van der Waals surface area contributed by atoms with Gasteiger partial charge in [-0.15, -0.1) is 0 Å². The van der Waals surface area contributed by atoms with Crippen molar-refractivity contribution in [2.24, 2.45) is 5.92 Å². The maximum atomic E-state index is 8.73. The van der Waals surface area contributed by atoms with Gasteiger partial charge in [-0.1, -0.05) is 39.5 Å². The number of aliphatic hydroxyl groups is 2. The van der Waals surface area contributed by atoms with Crippen LogP contribution in [0.25, 0.3) is 0 Å². The summed E-state index contributed by atoms with van der Waals surface area (Å²) in [6.45, 7) is 4.04. The molecule has 0 radical (unpaired) electrons. The molecule has 0 bridgehead atoms. The number of hydrogen-bond acceptors (Lipinski definition) is 2. The van der Waals surface area contributed by atoms with Gasteiger partial charge in [0.25, 0.3) is 0 Å². The van der Waals surface area contributed by atoms with E-state index in [4.69, 9.17) is 10.2 Å². The third-order valence-electron chi connectivity index (χ3n) is 2.02. The molecule has 0 heterocycles. The summed E-state index contributed by atoms with van der Waals surface area (Å²) in [6, 6.07) is 0. The standard InChI is InChI=1S/C9H20O2/c1-3-4-5-6-7-8(2)9(10)11/h8-11H,3-7H2,1-2H3. The summed E-state index contributed by atoms with van der Waals surface area (Å²) < 4.78 is 0. The molecule has 0 rings (SSSR count). The highest BCUT2D eigenvalue weighted by Gasteiger charge is 2.08. The second-order valence-electron chi connectivity index (χ2n) is 3.24. The molecule has 0 aliphatic carbocycles. The zero-order valence-corrected chi connectivity index (χ0v) is 7.58. The first-order chi connectivity index (χ1) is 5.18. The van der Waals surface area contributed by atoms with E-state index in [9.17, 15) is 0 Å². The summed E-state index contributed by atoms with van der Waals surface area (Å²) in [4.78, 5) is 0. The lowest BCUT2D eigenvalue weighted by atomic mass is 10.0. The van der Waals surface area contributed by atoms with Crippen molar-refractivity contribution >= 4 is 0 Å². The minimum Gasteiger partial charge on any atom is -0.368 e. The maximum absolute atomic E-state index is 8.73. The van der Waals surface area contributed by atoms with Crippen LogP contribution in [0.1, 0.15) is 46.0 Å². The average molecular weight is 160 g/mol. The van der Waals surface area contributed by atoms with E-state index in [1.807, 2.05) is 6.92 Å². The predicted octanol–water partition coefficient (Wildman–Crippen LogP) is 1.90. The van der Waals surface area contributed by atoms with Gasteiger partial charge in [0, 0.05) is 5.92 Å². The maximum Gasteiger partial charge on any atom is 0.154 e. The van der Waals surface area contributed by atoms with Crippen molar-refractivity contribution in [1.82, 2.24) is 0 Å². The van der Waals surface area contributed by atoms with E-state index in [0.717, 1.165) is 12.8 Å². The van der Waals surface area contributed by atoms with Crippen LogP contribution in [0.4, 0.5) is 0 Å². The molecule has 0 aromatic heterocycles. The van der Waals surface area contributed by atoms with Crippen LogP contribution < -0.4 is 0 Å². The Bertz CT molecular complexity index is 81.6. The fraction of sp³-hybridized carbons (Fsp3) is 1.00. The molecule has 0 spiro atoms. The Labute approximate surface area is 69.2 Å². The third kappa shape index (κ3) is 6.32. The van der Waals surface area contributed by atoms with Gasteiger partial charge < -0.3 is 10.2 Å². The molecule has 2 heteroatoms. The van der Waals surface area contributed by atoms with Crippen LogP contribution in [0.5, 0.6) is 0 Å². The average Bonchev–Trinajstić information content (AvgIpc) is 1.97. The van der Waals surface area contributed by atoms with Crippen LogP contribution >= 0.6 is 0 Å². The predicted molar refractivity (Wildman–Crippen MR) is 46.1 cm³/mol. The lowest BCUT2D eigenvalue weighted by molar-refractivity contribution is -0.0808. The van der Waals surface area contributed by atoms with Crippen molar-refractivity contribution in [3.63, 3.8) is 0 Å². The molecule has 0 saturated carbocycles. The van der Waals surface area contributed by atoms with Crippen molar-refractivity contribution in [2.45, 2.75) is 52.2 Å². The second-order valence-corrected chi connectivity index (χ2v) is 3.24. The Morgan fingerprint density at radius 3 is 2.18 bits per heavy atom. The first kappa shape index (κ1) is 10.9. The Kier molecular flexibility index (Phi) is 6.57. The Hall–Kier alpha value is -0.0800. The van der Waals surface area contributed by atoms with E-state index < -0.39 is 6.29 Å². The van der Waals surface area contributed by atoms with Gasteiger partial charge in [-0.25, -0.2) is 0 Å². The van der Waals surface area contributed by atoms with E-state index in [-0.39, 0.29) is 5.92 Å². The Morgan fingerprint density at radius 2 is 1.73 bits per heavy atom. The highest BCUT2D eigenvalue weighted by Crippen LogP contribution is 2.12. The van der Waals surface area contributed by atoms with E-state index in [1.165, 1.54) is 19.3 Å². The normalized spacial score (nSPS) is 13.9.